The summed E-state index contributed by atoms with van der Waals surface area (Å²) in [6.45, 7) is -0.121. The molecule has 4 nitrogen and oxygen atoms in total. The Morgan fingerprint density at radius 1 is 1.47 bits per heavy atom. The number of nitrogens with zero attached hydrogens (tertiary/aromatic N) is 2. The minimum Gasteiger partial charge on any atom is -0.297 e. The van der Waals surface area contributed by atoms with E-state index in [4.69, 9.17) is 11.6 Å². The van der Waals surface area contributed by atoms with Gasteiger partial charge in [0.1, 0.15) is 0 Å². The average molecular weight is 229 g/mol. The van der Waals surface area contributed by atoms with Crippen LogP contribution in [0.3, 0.4) is 0 Å². The summed E-state index contributed by atoms with van der Waals surface area (Å²) in [6.07, 6.45) is 1.04. The molecule has 0 atom stereocenters. The normalized spacial score (nSPS) is 16.3. The van der Waals surface area contributed by atoms with Gasteiger partial charge in [-0.2, -0.15) is 0 Å². The summed E-state index contributed by atoms with van der Waals surface area (Å²) in [5.74, 6) is -1.52. The molecule has 0 radical (unpaired) electrons. The highest BCUT2D eigenvalue weighted by atomic mass is 35.5. The number of pyridine rings is 1. The molecule has 0 aromatic carbocycles. The van der Waals surface area contributed by atoms with Crippen LogP contribution in [0.5, 0.6) is 0 Å². The molecule has 1 aliphatic rings. The van der Waals surface area contributed by atoms with Gasteiger partial charge in [0.15, 0.2) is 17.4 Å². The second-order valence-electron chi connectivity index (χ2n) is 3.15. The molecule has 1 aromatic rings. The lowest BCUT2D eigenvalue weighted by Gasteiger charge is -2.13. The lowest BCUT2D eigenvalue weighted by molar-refractivity contribution is -0.121. The standard InChI is InChI=1S/C9H6ClFN2O2/c10-5-1-7(11)9(12-3-5)13-4-6(14)2-8(13)15/h1,3H,2,4H2. The molecule has 0 spiro atoms. The molecule has 1 aromatic heterocycles. The van der Waals surface area contributed by atoms with Crippen LogP contribution < -0.4 is 4.90 Å². The van der Waals surface area contributed by atoms with Gasteiger partial charge in [-0.1, -0.05) is 11.6 Å². The van der Waals surface area contributed by atoms with Gasteiger partial charge in [0, 0.05) is 6.20 Å². The second-order valence-corrected chi connectivity index (χ2v) is 3.59. The molecule has 15 heavy (non-hydrogen) atoms. The summed E-state index contributed by atoms with van der Waals surface area (Å²) in [6, 6.07) is 1.06. The van der Waals surface area contributed by atoms with Crippen LogP contribution >= 0.6 is 11.6 Å². The molecule has 1 saturated heterocycles. The number of halogens is 2. The molecule has 0 bridgehead atoms. The van der Waals surface area contributed by atoms with Crippen molar-refractivity contribution < 1.29 is 14.0 Å². The molecule has 1 fully saturated rings. The van der Waals surface area contributed by atoms with Crippen molar-refractivity contribution in [1.29, 1.82) is 0 Å². The molecule has 0 aliphatic carbocycles. The van der Waals surface area contributed by atoms with E-state index in [-0.39, 0.29) is 29.6 Å². The van der Waals surface area contributed by atoms with Crippen LogP contribution in [-0.4, -0.2) is 23.2 Å². The number of Topliss-reactive ketones (excluding diaryl/α,β-unsaturated/α-hetero) is 1. The number of hydrogen-bond acceptors (Lipinski definition) is 3. The zero-order valence-electron chi connectivity index (χ0n) is 7.54. The fraction of sp³-hybridized carbons (Fsp3) is 0.222. The topological polar surface area (TPSA) is 50.3 Å². The first-order chi connectivity index (χ1) is 7.08. The molecular formula is C9H6ClFN2O2. The number of anilines is 1. The van der Waals surface area contributed by atoms with Gasteiger partial charge in [0.2, 0.25) is 5.91 Å². The number of hydrogen-bond donors (Lipinski definition) is 0. The SMILES string of the molecule is O=C1CC(=O)N(c2ncc(Cl)cc2F)C1. The maximum atomic E-state index is 13.4. The number of carbonyl (C=O) groups is 2. The monoisotopic (exact) mass is 228 g/mol. The minimum atomic E-state index is -0.703. The summed E-state index contributed by atoms with van der Waals surface area (Å²) in [4.78, 5) is 27.0. The number of ketones is 1. The third-order valence-electron chi connectivity index (χ3n) is 2.03. The fourth-order valence-electron chi connectivity index (χ4n) is 1.38. The molecule has 0 saturated carbocycles. The Morgan fingerprint density at radius 2 is 2.20 bits per heavy atom. The van der Waals surface area contributed by atoms with E-state index in [0.29, 0.717) is 0 Å². The first-order valence-electron chi connectivity index (χ1n) is 4.21. The van der Waals surface area contributed by atoms with Crippen molar-refractivity contribution in [1.82, 2.24) is 4.98 Å². The van der Waals surface area contributed by atoms with Crippen molar-refractivity contribution in [3.05, 3.63) is 23.1 Å². The lowest BCUT2D eigenvalue weighted by Crippen LogP contribution is -2.26. The molecule has 1 aliphatic heterocycles. The quantitative estimate of drug-likeness (QED) is 0.679. The second kappa shape index (κ2) is 3.58. The van der Waals surface area contributed by atoms with Gasteiger partial charge in [-0.05, 0) is 6.07 Å². The van der Waals surface area contributed by atoms with Gasteiger partial charge in [0.25, 0.3) is 0 Å². The predicted octanol–water partition coefficient (Wildman–Crippen LogP) is 1.18. The Bertz CT molecular complexity index is 450. The lowest BCUT2D eigenvalue weighted by atomic mass is 10.3. The maximum Gasteiger partial charge on any atom is 0.236 e. The fourth-order valence-corrected chi connectivity index (χ4v) is 1.53. The molecule has 0 unspecified atom stereocenters. The smallest absolute Gasteiger partial charge is 0.236 e. The Morgan fingerprint density at radius 3 is 2.73 bits per heavy atom. The minimum absolute atomic E-state index is 0.121. The van der Waals surface area contributed by atoms with E-state index in [1.54, 1.807) is 0 Å². The number of amides is 1. The van der Waals surface area contributed by atoms with E-state index in [2.05, 4.69) is 4.98 Å². The van der Waals surface area contributed by atoms with E-state index in [1.807, 2.05) is 0 Å². The zero-order chi connectivity index (χ0) is 11.0. The highest BCUT2D eigenvalue weighted by molar-refractivity contribution is 6.30. The van der Waals surface area contributed by atoms with Gasteiger partial charge < -0.3 is 0 Å². The van der Waals surface area contributed by atoms with Crippen molar-refractivity contribution >= 4 is 29.1 Å². The van der Waals surface area contributed by atoms with E-state index >= 15 is 0 Å². The summed E-state index contributed by atoms with van der Waals surface area (Å²) in [5.41, 5.74) is 0. The van der Waals surface area contributed by atoms with E-state index in [0.717, 1.165) is 11.0 Å². The van der Waals surface area contributed by atoms with Gasteiger partial charge >= 0.3 is 0 Å². The van der Waals surface area contributed by atoms with Crippen LogP contribution in [-0.2, 0) is 9.59 Å². The molecule has 0 N–H and O–H groups in total. The van der Waals surface area contributed by atoms with Crippen molar-refractivity contribution in [2.24, 2.45) is 0 Å². The molecule has 1 amide bonds. The zero-order valence-corrected chi connectivity index (χ0v) is 8.29. The van der Waals surface area contributed by atoms with Gasteiger partial charge in [-0.25, -0.2) is 9.37 Å². The molecule has 2 rings (SSSR count). The first-order valence-corrected chi connectivity index (χ1v) is 4.59. The summed E-state index contributed by atoms with van der Waals surface area (Å²) in [7, 11) is 0. The van der Waals surface area contributed by atoms with Crippen LogP contribution in [0.25, 0.3) is 0 Å². The van der Waals surface area contributed by atoms with Crippen LogP contribution in [0.2, 0.25) is 5.02 Å². The summed E-state index contributed by atoms with van der Waals surface area (Å²) < 4.78 is 13.4. The van der Waals surface area contributed by atoms with E-state index < -0.39 is 11.7 Å². The Kier molecular flexibility index (Phi) is 2.40. The molecule has 78 valence electrons. The highest BCUT2D eigenvalue weighted by Gasteiger charge is 2.31. The van der Waals surface area contributed by atoms with Gasteiger partial charge in [-0.3, -0.25) is 14.5 Å². The highest BCUT2D eigenvalue weighted by Crippen LogP contribution is 2.22. The van der Waals surface area contributed by atoms with Gasteiger partial charge in [0.05, 0.1) is 18.0 Å². The van der Waals surface area contributed by atoms with Crippen molar-refractivity contribution in [3.8, 4) is 0 Å². The number of rotatable bonds is 1. The summed E-state index contributed by atoms with van der Waals surface area (Å²) in [5, 5.41) is 0.147. The van der Waals surface area contributed by atoms with Crippen molar-refractivity contribution in [2.75, 3.05) is 11.4 Å². The van der Waals surface area contributed by atoms with Crippen LogP contribution in [0.15, 0.2) is 12.3 Å². The number of carbonyl (C=O) groups excluding carboxylic acids is 2. The Balaban J connectivity index is 2.38. The van der Waals surface area contributed by atoms with Crippen LogP contribution in [0, 0.1) is 5.82 Å². The van der Waals surface area contributed by atoms with Gasteiger partial charge in [-0.15, -0.1) is 0 Å². The van der Waals surface area contributed by atoms with E-state index in [9.17, 15) is 14.0 Å². The third kappa shape index (κ3) is 1.83. The Labute approximate surface area is 89.7 Å². The predicted molar refractivity (Wildman–Crippen MR) is 51.2 cm³/mol. The number of aromatic nitrogens is 1. The molecule has 6 heteroatoms. The van der Waals surface area contributed by atoms with Crippen molar-refractivity contribution in [3.63, 3.8) is 0 Å². The first kappa shape index (κ1) is 10.0. The maximum absolute atomic E-state index is 13.4. The third-order valence-corrected chi connectivity index (χ3v) is 2.23. The largest absolute Gasteiger partial charge is 0.297 e. The average Bonchev–Trinajstić information content (AvgIpc) is 2.45. The van der Waals surface area contributed by atoms with Crippen LogP contribution in [0.4, 0.5) is 10.2 Å². The molecule has 2 heterocycles. The summed E-state index contributed by atoms with van der Waals surface area (Å²) >= 11 is 5.52. The van der Waals surface area contributed by atoms with Crippen molar-refractivity contribution in [2.45, 2.75) is 6.42 Å². The van der Waals surface area contributed by atoms with Crippen LogP contribution in [0.1, 0.15) is 6.42 Å². The van der Waals surface area contributed by atoms with E-state index in [1.165, 1.54) is 6.20 Å². The Hall–Kier alpha value is -1.49. The molecular weight excluding hydrogens is 223 g/mol.